The Morgan fingerprint density at radius 1 is 1.12 bits per heavy atom. The monoisotopic (exact) mass is 257 g/mol. The van der Waals surface area contributed by atoms with Crippen LogP contribution in [0.5, 0.6) is 0 Å². The van der Waals surface area contributed by atoms with Crippen LogP contribution < -0.4 is 15.1 Å². The average molecular weight is 258 g/mol. The first-order valence-electron chi connectivity index (χ1n) is 5.02. The molecular formula is C10H16ClN5O. The number of aromatic nitrogens is 2. The van der Waals surface area contributed by atoms with E-state index in [4.69, 9.17) is 11.6 Å². The zero-order valence-corrected chi connectivity index (χ0v) is 11.3. The minimum Gasteiger partial charge on any atom is -0.361 e. The molecule has 0 radical (unpaired) electrons. The maximum Gasteiger partial charge on any atom is 0.288 e. The smallest absolute Gasteiger partial charge is 0.288 e. The van der Waals surface area contributed by atoms with E-state index in [1.54, 1.807) is 38.0 Å². The summed E-state index contributed by atoms with van der Waals surface area (Å²) < 4.78 is 0. The van der Waals surface area contributed by atoms with Gasteiger partial charge in [0.05, 0.1) is 0 Å². The number of hydrogen-bond donors (Lipinski definition) is 1. The van der Waals surface area contributed by atoms with Gasteiger partial charge >= 0.3 is 0 Å². The lowest BCUT2D eigenvalue weighted by molar-refractivity contribution is 0.0953. The van der Waals surface area contributed by atoms with Crippen LogP contribution in [0.3, 0.4) is 0 Å². The lowest BCUT2D eigenvalue weighted by atomic mass is 10.4. The van der Waals surface area contributed by atoms with E-state index in [1.807, 2.05) is 0 Å². The van der Waals surface area contributed by atoms with Crippen LogP contribution >= 0.6 is 11.6 Å². The van der Waals surface area contributed by atoms with Gasteiger partial charge in [-0.3, -0.25) is 4.79 Å². The van der Waals surface area contributed by atoms with Gasteiger partial charge in [-0.05, 0) is 0 Å². The summed E-state index contributed by atoms with van der Waals surface area (Å²) in [7, 11) is 8.76. The number of nitrogens with one attached hydrogen (secondary N) is 1. The Morgan fingerprint density at radius 3 is 1.82 bits per heavy atom. The van der Waals surface area contributed by atoms with Crippen LogP contribution in [0.25, 0.3) is 0 Å². The molecule has 0 aliphatic heterocycles. The Kier molecular flexibility index (Phi) is 4.11. The van der Waals surface area contributed by atoms with Crippen LogP contribution in [0.2, 0.25) is 5.02 Å². The fraction of sp³-hybridized carbons (Fsp3) is 0.500. The van der Waals surface area contributed by atoms with Crippen molar-refractivity contribution in [2.45, 2.75) is 0 Å². The van der Waals surface area contributed by atoms with E-state index in [-0.39, 0.29) is 11.7 Å². The van der Waals surface area contributed by atoms with Crippen molar-refractivity contribution in [1.29, 1.82) is 0 Å². The van der Waals surface area contributed by atoms with Gasteiger partial charge in [-0.1, -0.05) is 11.6 Å². The highest BCUT2D eigenvalue weighted by atomic mass is 35.5. The Balaban J connectivity index is 3.42. The van der Waals surface area contributed by atoms with E-state index < -0.39 is 0 Å². The maximum atomic E-state index is 11.6. The summed E-state index contributed by atoms with van der Waals surface area (Å²) in [5.41, 5.74) is 0. The lowest BCUT2D eigenvalue weighted by Gasteiger charge is -2.19. The molecule has 0 atom stereocenters. The van der Waals surface area contributed by atoms with Crippen molar-refractivity contribution in [1.82, 2.24) is 15.3 Å². The molecule has 1 rings (SSSR count). The molecule has 1 amide bonds. The predicted molar refractivity (Wildman–Crippen MR) is 69.1 cm³/mol. The molecule has 1 heterocycles. The van der Waals surface area contributed by atoms with E-state index in [0.717, 1.165) is 0 Å². The number of hydrogen-bond acceptors (Lipinski definition) is 5. The first kappa shape index (κ1) is 13.5. The highest BCUT2D eigenvalue weighted by Gasteiger charge is 2.18. The molecule has 0 aliphatic carbocycles. The van der Waals surface area contributed by atoms with Gasteiger partial charge in [-0.2, -0.15) is 0 Å². The highest BCUT2D eigenvalue weighted by molar-refractivity contribution is 6.35. The fourth-order valence-electron chi connectivity index (χ4n) is 1.23. The van der Waals surface area contributed by atoms with Gasteiger partial charge in [0.1, 0.15) is 5.02 Å². The second-order valence-electron chi connectivity index (χ2n) is 3.88. The molecular weight excluding hydrogens is 242 g/mol. The Bertz CT molecular complexity index is 404. The Morgan fingerprint density at radius 2 is 1.53 bits per heavy atom. The Labute approximate surface area is 106 Å². The van der Waals surface area contributed by atoms with Crippen molar-refractivity contribution in [3.8, 4) is 0 Å². The average Bonchev–Trinajstić information content (AvgIpc) is 2.27. The fourth-order valence-corrected chi connectivity index (χ4v) is 1.65. The topological polar surface area (TPSA) is 61.4 Å². The molecule has 1 aromatic rings. The van der Waals surface area contributed by atoms with E-state index in [2.05, 4.69) is 15.3 Å². The zero-order valence-electron chi connectivity index (χ0n) is 10.6. The standard InChI is InChI=1S/C10H16ClN5O/c1-12-10(17)7-13-8(15(2)3)6(11)9(14-7)16(4)5/h1-5H3,(H,12,17). The van der Waals surface area contributed by atoms with Crippen LogP contribution in [0.1, 0.15) is 10.6 Å². The molecule has 0 fully saturated rings. The number of nitrogens with zero attached hydrogens (tertiary/aromatic N) is 4. The molecule has 1 N–H and O–H groups in total. The van der Waals surface area contributed by atoms with Crippen molar-refractivity contribution in [2.75, 3.05) is 45.0 Å². The van der Waals surface area contributed by atoms with Crippen molar-refractivity contribution in [3.63, 3.8) is 0 Å². The molecule has 0 bridgehead atoms. The summed E-state index contributed by atoms with van der Waals surface area (Å²) in [6, 6.07) is 0. The molecule has 0 spiro atoms. The molecule has 94 valence electrons. The minimum absolute atomic E-state index is 0.101. The number of rotatable bonds is 3. The van der Waals surface area contributed by atoms with Gasteiger partial charge in [0, 0.05) is 35.2 Å². The first-order chi connectivity index (χ1) is 7.88. The number of amides is 1. The SMILES string of the molecule is CNC(=O)c1nc(N(C)C)c(Cl)c(N(C)C)n1. The first-order valence-corrected chi connectivity index (χ1v) is 5.40. The summed E-state index contributed by atoms with van der Waals surface area (Å²) in [5.74, 6) is 0.796. The van der Waals surface area contributed by atoms with Gasteiger partial charge in [-0.15, -0.1) is 0 Å². The second kappa shape index (κ2) is 5.18. The molecule has 0 aromatic carbocycles. The third-order valence-electron chi connectivity index (χ3n) is 2.09. The summed E-state index contributed by atoms with van der Waals surface area (Å²) >= 11 is 6.18. The van der Waals surface area contributed by atoms with Gasteiger partial charge in [-0.25, -0.2) is 9.97 Å². The summed E-state index contributed by atoms with van der Waals surface area (Å²) in [4.78, 5) is 23.3. The van der Waals surface area contributed by atoms with E-state index in [1.165, 1.54) is 7.05 Å². The summed E-state index contributed by atoms with van der Waals surface area (Å²) in [6.45, 7) is 0. The van der Waals surface area contributed by atoms with Crippen LogP contribution in [0.15, 0.2) is 0 Å². The quantitative estimate of drug-likeness (QED) is 0.860. The van der Waals surface area contributed by atoms with Crippen molar-refractivity contribution in [3.05, 3.63) is 10.8 Å². The number of carbonyl (C=O) groups excluding carboxylic acids is 1. The normalized spacial score (nSPS) is 10.0. The lowest BCUT2D eigenvalue weighted by Crippen LogP contribution is -2.25. The van der Waals surface area contributed by atoms with Gasteiger partial charge in [0.25, 0.3) is 5.91 Å². The molecule has 1 aromatic heterocycles. The largest absolute Gasteiger partial charge is 0.361 e. The van der Waals surface area contributed by atoms with Crippen LogP contribution in [-0.2, 0) is 0 Å². The number of anilines is 2. The maximum absolute atomic E-state index is 11.6. The third kappa shape index (κ3) is 2.76. The van der Waals surface area contributed by atoms with Crippen molar-refractivity contribution < 1.29 is 4.79 Å². The summed E-state index contributed by atoms with van der Waals surface area (Å²) in [5, 5.41) is 2.91. The van der Waals surface area contributed by atoms with E-state index >= 15 is 0 Å². The molecule has 0 unspecified atom stereocenters. The van der Waals surface area contributed by atoms with E-state index in [0.29, 0.717) is 16.7 Å². The second-order valence-corrected chi connectivity index (χ2v) is 4.25. The van der Waals surface area contributed by atoms with Gasteiger partial charge in [0.2, 0.25) is 5.82 Å². The highest BCUT2D eigenvalue weighted by Crippen LogP contribution is 2.30. The van der Waals surface area contributed by atoms with Crippen molar-refractivity contribution >= 4 is 29.1 Å². The minimum atomic E-state index is -0.340. The van der Waals surface area contributed by atoms with Gasteiger partial charge < -0.3 is 15.1 Å². The molecule has 6 nitrogen and oxygen atoms in total. The van der Waals surface area contributed by atoms with E-state index in [9.17, 15) is 4.79 Å². The molecule has 0 saturated heterocycles. The predicted octanol–water partition coefficient (Wildman–Crippen LogP) is 0.622. The molecule has 17 heavy (non-hydrogen) atoms. The Hall–Kier alpha value is -1.56. The molecule has 0 saturated carbocycles. The van der Waals surface area contributed by atoms with Crippen molar-refractivity contribution in [2.24, 2.45) is 0 Å². The molecule has 0 aliphatic rings. The van der Waals surface area contributed by atoms with Crippen LogP contribution in [0.4, 0.5) is 11.6 Å². The number of halogens is 1. The number of carbonyl (C=O) groups is 1. The zero-order chi connectivity index (χ0) is 13.2. The molecule has 7 heteroatoms. The van der Waals surface area contributed by atoms with Crippen LogP contribution in [0, 0.1) is 0 Å². The van der Waals surface area contributed by atoms with Gasteiger partial charge in [0.15, 0.2) is 11.6 Å². The third-order valence-corrected chi connectivity index (χ3v) is 2.43. The summed E-state index contributed by atoms with van der Waals surface area (Å²) in [6.07, 6.45) is 0. The van der Waals surface area contributed by atoms with Crippen LogP contribution in [-0.4, -0.2) is 51.1 Å².